The van der Waals surface area contributed by atoms with E-state index in [9.17, 15) is 0 Å². The maximum absolute atomic E-state index is 6.26. The van der Waals surface area contributed by atoms with Crippen LogP contribution in [0.2, 0.25) is 5.15 Å². The minimum atomic E-state index is 0.562. The fourth-order valence-electron chi connectivity index (χ4n) is 2.53. The highest BCUT2D eigenvalue weighted by Crippen LogP contribution is 2.44. The van der Waals surface area contributed by atoms with E-state index in [4.69, 9.17) is 16.6 Å². The van der Waals surface area contributed by atoms with Gasteiger partial charge in [0.15, 0.2) is 5.65 Å². The Balaban J connectivity index is 2.12. The fraction of sp³-hybridized carbons (Fsp3) is 0.538. The lowest BCUT2D eigenvalue weighted by atomic mass is 9.96. The van der Waals surface area contributed by atoms with Crippen LogP contribution in [0.1, 0.15) is 43.4 Å². The molecular weight excluding hydrogens is 234 g/mol. The van der Waals surface area contributed by atoms with Gasteiger partial charge in [-0.1, -0.05) is 18.5 Å². The third kappa shape index (κ3) is 1.82. The summed E-state index contributed by atoms with van der Waals surface area (Å²) >= 11 is 6.26. The van der Waals surface area contributed by atoms with E-state index in [1.165, 1.54) is 12.8 Å². The molecule has 1 saturated carbocycles. The molecule has 1 fully saturated rings. The molecule has 1 atom stereocenters. The molecule has 4 heteroatoms. The Bertz CT molecular complexity index is 557. The molecule has 3 nitrogen and oxygen atoms in total. The molecule has 0 N–H and O–H groups in total. The van der Waals surface area contributed by atoms with Gasteiger partial charge < -0.3 is 0 Å². The summed E-state index contributed by atoms with van der Waals surface area (Å²) in [5.41, 5.74) is 3.11. The Hall–Kier alpha value is -1.09. The van der Waals surface area contributed by atoms with Crippen molar-refractivity contribution in [2.24, 2.45) is 5.92 Å². The van der Waals surface area contributed by atoms with Gasteiger partial charge in [-0.15, -0.1) is 0 Å². The first-order valence-electron chi connectivity index (χ1n) is 6.21. The molecule has 1 unspecified atom stereocenters. The molecule has 0 saturated heterocycles. The molecule has 0 aromatic carbocycles. The summed E-state index contributed by atoms with van der Waals surface area (Å²) < 4.78 is 1.71. The lowest BCUT2D eigenvalue weighted by molar-refractivity contribution is 0.570. The number of rotatable bonds is 3. The first kappa shape index (κ1) is 11.0. The van der Waals surface area contributed by atoms with Gasteiger partial charge in [-0.3, -0.25) is 0 Å². The lowest BCUT2D eigenvalue weighted by Gasteiger charge is -2.14. The van der Waals surface area contributed by atoms with Crippen molar-refractivity contribution in [3.8, 4) is 0 Å². The van der Waals surface area contributed by atoms with E-state index in [1.54, 1.807) is 4.52 Å². The SMILES string of the molecule is CCC(c1cc(Cl)n2ncc(C)c2n1)C1CC1. The molecule has 1 aliphatic rings. The summed E-state index contributed by atoms with van der Waals surface area (Å²) in [7, 11) is 0. The number of nitrogens with zero attached hydrogens (tertiary/aromatic N) is 3. The average molecular weight is 250 g/mol. The molecule has 1 aliphatic carbocycles. The highest BCUT2D eigenvalue weighted by Gasteiger charge is 2.32. The van der Waals surface area contributed by atoms with Crippen LogP contribution in [0.15, 0.2) is 12.3 Å². The third-order valence-corrected chi connectivity index (χ3v) is 3.90. The van der Waals surface area contributed by atoms with Crippen molar-refractivity contribution < 1.29 is 0 Å². The molecule has 2 heterocycles. The predicted molar refractivity (Wildman–Crippen MR) is 68.5 cm³/mol. The predicted octanol–water partition coefficient (Wildman–Crippen LogP) is 3.59. The van der Waals surface area contributed by atoms with Gasteiger partial charge in [0.1, 0.15) is 5.15 Å². The normalized spacial score (nSPS) is 17.6. The number of hydrogen-bond donors (Lipinski definition) is 0. The van der Waals surface area contributed by atoms with Gasteiger partial charge in [-0.05, 0) is 38.2 Å². The van der Waals surface area contributed by atoms with Gasteiger partial charge in [0.05, 0.1) is 6.20 Å². The molecule has 90 valence electrons. The highest BCUT2D eigenvalue weighted by atomic mass is 35.5. The van der Waals surface area contributed by atoms with Crippen LogP contribution in [0.4, 0.5) is 0 Å². The summed E-state index contributed by atoms with van der Waals surface area (Å²) in [5.74, 6) is 1.38. The van der Waals surface area contributed by atoms with Gasteiger partial charge in [0.25, 0.3) is 0 Å². The van der Waals surface area contributed by atoms with E-state index in [0.29, 0.717) is 11.1 Å². The van der Waals surface area contributed by atoms with E-state index in [1.807, 2.05) is 19.2 Å². The number of hydrogen-bond acceptors (Lipinski definition) is 2. The third-order valence-electron chi connectivity index (χ3n) is 3.64. The Morgan fingerprint density at radius 1 is 1.53 bits per heavy atom. The zero-order valence-corrected chi connectivity index (χ0v) is 10.9. The second-order valence-electron chi connectivity index (χ2n) is 4.92. The van der Waals surface area contributed by atoms with Crippen LogP contribution in [-0.2, 0) is 0 Å². The standard InChI is InChI=1S/C13H16ClN3/c1-3-10(9-4-5-9)11-6-12(14)17-13(16-11)8(2)7-15-17/h6-7,9-10H,3-5H2,1-2H3. The fourth-order valence-corrected chi connectivity index (χ4v) is 2.76. The molecule has 17 heavy (non-hydrogen) atoms. The van der Waals surface area contributed by atoms with E-state index < -0.39 is 0 Å². The number of halogens is 1. The first-order chi connectivity index (χ1) is 8.20. The van der Waals surface area contributed by atoms with Crippen LogP contribution in [0, 0.1) is 12.8 Å². The zero-order valence-electron chi connectivity index (χ0n) is 10.2. The average Bonchev–Trinajstić information content (AvgIpc) is 3.06. The summed E-state index contributed by atoms with van der Waals surface area (Å²) in [6.07, 6.45) is 5.62. The molecule has 0 spiro atoms. The van der Waals surface area contributed by atoms with Crippen LogP contribution >= 0.6 is 11.6 Å². The Kier molecular flexibility index (Phi) is 2.58. The number of fused-ring (bicyclic) bond motifs is 1. The maximum Gasteiger partial charge on any atom is 0.159 e. The van der Waals surface area contributed by atoms with Gasteiger partial charge in [-0.2, -0.15) is 5.10 Å². The van der Waals surface area contributed by atoms with Crippen LogP contribution in [-0.4, -0.2) is 14.6 Å². The van der Waals surface area contributed by atoms with Crippen molar-refractivity contribution in [3.63, 3.8) is 0 Å². The summed E-state index contributed by atoms with van der Waals surface area (Å²) in [6, 6.07) is 1.98. The second-order valence-corrected chi connectivity index (χ2v) is 5.31. The van der Waals surface area contributed by atoms with E-state index >= 15 is 0 Å². The van der Waals surface area contributed by atoms with Gasteiger partial charge >= 0.3 is 0 Å². The van der Waals surface area contributed by atoms with Gasteiger partial charge in [-0.25, -0.2) is 9.50 Å². The van der Waals surface area contributed by atoms with Crippen LogP contribution in [0.25, 0.3) is 5.65 Å². The Morgan fingerprint density at radius 3 is 2.94 bits per heavy atom. The van der Waals surface area contributed by atoms with Gasteiger partial charge in [0.2, 0.25) is 0 Å². The minimum Gasteiger partial charge on any atom is -0.233 e. The smallest absolute Gasteiger partial charge is 0.159 e. The molecule has 0 radical (unpaired) electrons. The quantitative estimate of drug-likeness (QED) is 0.778. The zero-order chi connectivity index (χ0) is 12.0. The molecule has 2 aromatic rings. The Morgan fingerprint density at radius 2 is 2.29 bits per heavy atom. The second kappa shape index (κ2) is 3.98. The van der Waals surface area contributed by atoms with Crippen LogP contribution < -0.4 is 0 Å². The van der Waals surface area contributed by atoms with Crippen molar-refractivity contribution in [1.82, 2.24) is 14.6 Å². The van der Waals surface area contributed by atoms with Crippen molar-refractivity contribution in [2.45, 2.75) is 39.0 Å². The van der Waals surface area contributed by atoms with Gasteiger partial charge in [0, 0.05) is 17.2 Å². The largest absolute Gasteiger partial charge is 0.233 e. The van der Waals surface area contributed by atoms with Crippen molar-refractivity contribution in [1.29, 1.82) is 0 Å². The molecule has 3 rings (SSSR count). The highest BCUT2D eigenvalue weighted by molar-refractivity contribution is 6.29. The molecule has 0 aliphatic heterocycles. The maximum atomic E-state index is 6.26. The van der Waals surface area contributed by atoms with Crippen molar-refractivity contribution in [3.05, 3.63) is 28.7 Å². The van der Waals surface area contributed by atoms with Crippen molar-refractivity contribution in [2.75, 3.05) is 0 Å². The molecule has 0 amide bonds. The van der Waals surface area contributed by atoms with E-state index in [2.05, 4.69) is 12.0 Å². The first-order valence-corrected chi connectivity index (χ1v) is 6.59. The van der Waals surface area contributed by atoms with Crippen molar-refractivity contribution >= 4 is 17.2 Å². The topological polar surface area (TPSA) is 30.2 Å². The lowest BCUT2D eigenvalue weighted by Crippen LogP contribution is -2.05. The summed E-state index contributed by atoms with van der Waals surface area (Å²) in [5, 5.41) is 4.89. The monoisotopic (exact) mass is 249 g/mol. The molecule has 2 aromatic heterocycles. The van der Waals surface area contributed by atoms with Crippen LogP contribution in [0.3, 0.4) is 0 Å². The summed E-state index contributed by atoms with van der Waals surface area (Å²) in [6.45, 7) is 4.25. The molecule has 0 bridgehead atoms. The Labute approximate surface area is 106 Å². The van der Waals surface area contributed by atoms with E-state index in [-0.39, 0.29) is 0 Å². The molecular formula is C13H16ClN3. The minimum absolute atomic E-state index is 0.562. The van der Waals surface area contributed by atoms with E-state index in [0.717, 1.165) is 29.2 Å². The number of aryl methyl sites for hydroxylation is 1. The number of aromatic nitrogens is 3. The summed E-state index contributed by atoms with van der Waals surface area (Å²) in [4.78, 5) is 4.74. The van der Waals surface area contributed by atoms with Crippen LogP contribution in [0.5, 0.6) is 0 Å².